The van der Waals surface area contributed by atoms with E-state index in [0.29, 0.717) is 5.92 Å². The molecule has 0 N–H and O–H groups in total. The van der Waals surface area contributed by atoms with Gasteiger partial charge in [-0.05, 0) is 37.2 Å². The van der Waals surface area contributed by atoms with Crippen molar-refractivity contribution in [1.82, 2.24) is 9.97 Å². The van der Waals surface area contributed by atoms with E-state index in [0.717, 1.165) is 24.6 Å². The minimum Gasteiger partial charge on any atom is -0.241 e. The van der Waals surface area contributed by atoms with Crippen molar-refractivity contribution in [2.24, 2.45) is 11.8 Å². The molecule has 0 amide bonds. The lowest BCUT2D eigenvalue weighted by atomic mass is 10.1. The highest BCUT2D eigenvalue weighted by Crippen LogP contribution is 2.31. The Morgan fingerprint density at radius 1 is 1.43 bits per heavy atom. The molecule has 1 fully saturated rings. The first-order valence-corrected chi connectivity index (χ1v) is 5.55. The van der Waals surface area contributed by atoms with E-state index < -0.39 is 0 Å². The van der Waals surface area contributed by atoms with Crippen LogP contribution in [-0.4, -0.2) is 9.97 Å². The minimum atomic E-state index is 0.645. The highest BCUT2D eigenvalue weighted by Gasteiger charge is 2.22. The molecule has 1 aromatic heterocycles. The van der Waals surface area contributed by atoms with Gasteiger partial charge in [-0.15, -0.1) is 0 Å². The van der Waals surface area contributed by atoms with Gasteiger partial charge in [-0.25, -0.2) is 9.97 Å². The van der Waals surface area contributed by atoms with Crippen molar-refractivity contribution >= 4 is 0 Å². The Labute approximate surface area is 85.8 Å². The highest BCUT2D eigenvalue weighted by atomic mass is 14.9. The molecule has 1 saturated carbocycles. The van der Waals surface area contributed by atoms with Gasteiger partial charge >= 0.3 is 0 Å². The first-order chi connectivity index (χ1) is 6.74. The van der Waals surface area contributed by atoms with E-state index in [4.69, 9.17) is 0 Å². The molecule has 2 heteroatoms. The van der Waals surface area contributed by atoms with Crippen molar-refractivity contribution in [3.8, 4) is 0 Å². The van der Waals surface area contributed by atoms with E-state index >= 15 is 0 Å². The van der Waals surface area contributed by atoms with Crippen molar-refractivity contribution in [3.05, 3.63) is 23.8 Å². The van der Waals surface area contributed by atoms with Crippen molar-refractivity contribution in [2.75, 3.05) is 0 Å². The summed E-state index contributed by atoms with van der Waals surface area (Å²) < 4.78 is 0. The summed E-state index contributed by atoms with van der Waals surface area (Å²) in [6, 6.07) is 2.06. The number of hydrogen-bond acceptors (Lipinski definition) is 2. The third kappa shape index (κ3) is 2.79. The predicted octanol–water partition coefficient (Wildman–Crippen LogP) is 2.63. The van der Waals surface area contributed by atoms with Gasteiger partial charge < -0.3 is 0 Å². The Morgan fingerprint density at radius 2 is 2.21 bits per heavy atom. The van der Waals surface area contributed by atoms with Crippen LogP contribution in [0.15, 0.2) is 12.3 Å². The Morgan fingerprint density at radius 3 is 2.86 bits per heavy atom. The average Bonchev–Trinajstić information content (AvgIpc) is 2.87. The van der Waals surface area contributed by atoms with Gasteiger partial charge in [0.25, 0.3) is 0 Å². The van der Waals surface area contributed by atoms with Crippen molar-refractivity contribution in [1.29, 1.82) is 0 Å². The predicted molar refractivity (Wildman–Crippen MR) is 57.0 cm³/mol. The van der Waals surface area contributed by atoms with Gasteiger partial charge in [0.1, 0.15) is 5.82 Å². The third-order valence-electron chi connectivity index (χ3n) is 2.55. The summed E-state index contributed by atoms with van der Waals surface area (Å²) in [6.45, 7) is 4.41. The smallest absolute Gasteiger partial charge is 0.128 e. The van der Waals surface area contributed by atoms with E-state index in [-0.39, 0.29) is 0 Å². The molecule has 1 aromatic rings. The highest BCUT2D eigenvalue weighted by molar-refractivity contribution is 5.05. The minimum absolute atomic E-state index is 0.645. The molecule has 0 aliphatic heterocycles. The maximum Gasteiger partial charge on any atom is 0.128 e. The summed E-state index contributed by atoms with van der Waals surface area (Å²) in [5.74, 6) is 2.57. The quantitative estimate of drug-likeness (QED) is 0.729. The van der Waals surface area contributed by atoms with Crippen LogP contribution in [0.5, 0.6) is 0 Å². The van der Waals surface area contributed by atoms with Crippen LogP contribution < -0.4 is 0 Å². The van der Waals surface area contributed by atoms with Gasteiger partial charge in [-0.2, -0.15) is 0 Å². The topological polar surface area (TPSA) is 25.8 Å². The molecule has 0 radical (unpaired) electrons. The fourth-order valence-corrected chi connectivity index (χ4v) is 1.64. The SMILES string of the molecule is CC(C)Cc1nccc(CC2CC2)n1. The van der Waals surface area contributed by atoms with Gasteiger partial charge in [-0.1, -0.05) is 13.8 Å². The van der Waals surface area contributed by atoms with Crippen molar-refractivity contribution in [2.45, 2.75) is 39.5 Å². The van der Waals surface area contributed by atoms with Gasteiger partial charge in [0.05, 0.1) is 0 Å². The van der Waals surface area contributed by atoms with E-state index in [9.17, 15) is 0 Å². The Kier molecular flexibility index (Phi) is 2.80. The van der Waals surface area contributed by atoms with Crippen LogP contribution in [0.4, 0.5) is 0 Å². The molecule has 0 unspecified atom stereocenters. The second-order valence-electron chi connectivity index (χ2n) is 4.71. The van der Waals surface area contributed by atoms with E-state index in [1.807, 2.05) is 6.20 Å². The molecule has 1 heterocycles. The average molecular weight is 190 g/mol. The van der Waals surface area contributed by atoms with Gasteiger partial charge in [0.2, 0.25) is 0 Å². The monoisotopic (exact) mass is 190 g/mol. The molecule has 0 aromatic carbocycles. The van der Waals surface area contributed by atoms with Crippen LogP contribution in [0.1, 0.15) is 38.2 Å². The zero-order valence-corrected chi connectivity index (χ0v) is 9.03. The lowest BCUT2D eigenvalue weighted by Gasteiger charge is -2.04. The summed E-state index contributed by atoms with van der Waals surface area (Å²) in [5, 5.41) is 0. The summed E-state index contributed by atoms with van der Waals surface area (Å²) in [5.41, 5.74) is 1.23. The van der Waals surface area contributed by atoms with Crippen LogP contribution in [0.2, 0.25) is 0 Å². The van der Waals surface area contributed by atoms with E-state index in [1.165, 1.54) is 18.5 Å². The van der Waals surface area contributed by atoms with Crippen LogP contribution in [-0.2, 0) is 12.8 Å². The van der Waals surface area contributed by atoms with Gasteiger partial charge in [0, 0.05) is 18.3 Å². The van der Waals surface area contributed by atoms with Crippen LogP contribution >= 0.6 is 0 Å². The maximum absolute atomic E-state index is 4.58. The third-order valence-corrected chi connectivity index (χ3v) is 2.55. The molecule has 2 rings (SSSR count). The molecule has 2 nitrogen and oxygen atoms in total. The molecular formula is C12H18N2. The first-order valence-electron chi connectivity index (χ1n) is 5.55. The van der Waals surface area contributed by atoms with Gasteiger partial charge in [-0.3, -0.25) is 0 Å². The number of aromatic nitrogens is 2. The van der Waals surface area contributed by atoms with Gasteiger partial charge in [0.15, 0.2) is 0 Å². The second-order valence-corrected chi connectivity index (χ2v) is 4.71. The molecule has 14 heavy (non-hydrogen) atoms. The Bertz CT molecular complexity index is 284. The molecule has 1 aliphatic rings. The summed E-state index contributed by atoms with van der Waals surface area (Å²) in [4.78, 5) is 8.88. The van der Waals surface area contributed by atoms with E-state index in [1.54, 1.807) is 0 Å². The molecule has 0 spiro atoms. The summed E-state index contributed by atoms with van der Waals surface area (Å²) >= 11 is 0. The fourth-order valence-electron chi connectivity index (χ4n) is 1.64. The normalized spacial score (nSPS) is 16.2. The number of rotatable bonds is 4. The lowest BCUT2D eigenvalue weighted by Crippen LogP contribution is -2.03. The fraction of sp³-hybridized carbons (Fsp3) is 0.667. The van der Waals surface area contributed by atoms with E-state index in [2.05, 4.69) is 29.9 Å². The molecule has 0 atom stereocenters. The lowest BCUT2D eigenvalue weighted by molar-refractivity contribution is 0.615. The Hall–Kier alpha value is -0.920. The molecule has 0 bridgehead atoms. The van der Waals surface area contributed by atoms with Crippen LogP contribution in [0.3, 0.4) is 0 Å². The molecule has 1 aliphatic carbocycles. The maximum atomic E-state index is 4.58. The van der Waals surface area contributed by atoms with Crippen LogP contribution in [0.25, 0.3) is 0 Å². The number of hydrogen-bond donors (Lipinski definition) is 0. The summed E-state index contributed by atoms with van der Waals surface area (Å²) in [6.07, 6.45) is 6.85. The Balaban J connectivity index is 2.01. The van der Waals surface area contributed by atoms with Crippen LogP contribution in [0, 0.1) is 11.8 Å². The first kappa shape index (κ1) is 9.63. The largest absolute Gasteiger partial charge is 0.241 e. The van der Waals surface area contributed by atoms with Crippen molar-refractivity contribution in [3.63, 3.8) is 0 Å². The standard InChI is InChI=1S/C12H18N2/c1-9(2)7-12-13-6-5-11(14-12)8-10-3-4-10/h5-6,9-10H,3-4,7-8H2,1-2H3. The zero-order valence-electron chi connectivity index (χ0n) is 9.03. The molecular weight excluding hydrogens is 172 g/mol. The second kappa shape index (κ2) is 4.07. The summed E-state index contributed by atoms with van der Waals surface area (Å²) in [7, 11) is 0. The zero-order chi connectivity index (χ0) is 9.97. The molecule has 0 saturated heterocycles. The number of nitrogens with zero attached hydrogens (tertiary/aromatic N) is 2. The van der Waals surface area contributed by atoms with Crippen molar-refractivity contribution < 1.29 is 0 Å². The molecule has 76 valence electrons.